The summed E-state index contributed by atoms with van der Waals surface area (Å²) >= 11 is 0. The molecule has 3 rings (SSSR count). The van der Waals surface area contributed by atoms with Crippen molar-refractivity contribution in [1.29, 1.82) is 0 Å². The monoisotopic (exact) mass is 489 g/mol. The van der Waals surface area contributed by atoms with Gasteiger partial charge in [-0.25, -0.2) is 0 Å². The normalized spacial score (nSPS) is 38.2. The van der Waals surface area contributed by atoms with Crippen molar-refractivity contribution in [2.45, 2.75) is 68.3 Å². The van der Waals surface area contributed by atoms with E-state index in [-0.39, 0.29) is 5.75 Å². The van der Waals surface area contributed by atoms with Crippen LogP contribution in [-0.2, 0) is 19.0 Å². The van der Waals surface area contributed by atoms with Gasteiger partial charge in [0.2, 0.25) is 12.2 Å². The molecule has 4 unspecified atom stereocenters. The molecule has 0 bridgehead atoms. The molecule has 7 N–H and O–H groups in total. The van der Waals surface area contributed by atoms with E-state index in [4.69, 9.17) is 23.7 Å². The number of amides is 1. The number of carbonyl (C=O) groups excluding carboxylic acids is 1. The van der Waals surface area contributed by atoms with E-state index in [9.17, 15) is 35.4 Å². The van der Waals surface area contributed by atoms with E-state index >= 15 is 0 Å². The van der Waals surface area contributed by atoms with Crippen molar-refractivity contribution in [1.82, 2.24) is 5.32 Å². The summed E-state index contributed by atoms with van der Waals surface area (Å²) in [5, 5.41) is 63.2. The predicted molar refractivity (Wildman–Crippen MR) is 112 cm³/mol. The molecule has 2 aliphatic heterocycles. The van der Waals surface area contributed by atoms with Crippen molar-refractivity contribution in [2.24, 2.45) is 0 Å². The first-order chi connectivity index (χ1) is 16.2. The standard InChI is InChI=1S/C21H31NO12/c1-9(25)22-14-17(28)15(26)12(7-23)32-20(14)34-19-18(29)16(27)13(8-24)33-21(19)31-11-5-3-10(30-2)4-6-11/h3-6,12-21,23-24,26-29H,7-8H2,1-2H3,(H,22,25)/t12?,13?,14?,15-,16-,17-,18+,19?,20+,21+/m1/s1. The zero-order valence-corrected chi connectivity index (χ0v) is 18.6. The third kappa shape index (κ3) is 5.76. The van der Waals surface area contributed by atoms with Gasteiger partial charge in [0.25, 0.3) is 0 Å². The molecule has 0 radical (unpaired) electrons. The molecule has 13 heteroatoms. The number of aliphatic hydroxyl groups is 6. The molecule has 192 valence electrons. The maximum Gasteiger partial charge on any atom is 0.229 e. The maximum atomic E-state index is 11.7. The summed E-state index contributed by atoms with van der Waals surface area (Å²) in [7, 11) is 1.49. The van der Waals surface area contributed by atoms with Gasteiger partial charge in [-0.05, 0) is 24.3 Å². The van der Waals surface area contributed by atoms with E-state index in [1.165, 1.54) is 14.0 Å². The van der Waals surface area contributed by atoms with E-state index in [0.717, 1.165) is 0 Å². The molecule has 2 fully saturated rings. The predicted octanol–water partition coefficient (Wildman–Crippen LogP) is -3.16. The third-order valence-corrected chi connectivity index (χ3v) is 5.68. The van der Waals surface area contributed by atoms with E-state index in [0.29, 0.717) is 5.75 Å². The molecule has 10 atom stereocenters. The van der Waals surface area contributed by atoms with Crippen LogP contribution < -0.4 is 14.8 Å². The van der Waals surface area contributed by atoms with Crippen LogP contribution in [0.3, 0.4) is 0 Å². The molecule has 0 aromatic heterocycles. The summed E-state index contributed by atoms with van der Waals surface area (Å²) in [4.78, 5) is 11.7. The number of ether oxygens (including phenoxy) is 5. The Bertz CT molecular complexity index is 794. The van der Waals surface area contributed by atoms with Crippen LogP contribution in [0, 0.1) is 0 Å². The molecular weight excluding hydrogens is 458 g/mol. The highest BCUT2D eigenvalue weighted by atomic mass is 16.8. The van der Waals surface area contributed by atoms with Gasteiger partial charge in [-0.15, -0.1) is 0 Å². The van der Waals surface area contributed by atoms with Crippen LogP contribution in [0.25, 0.3) is 0 Å². The number of benzene rings is 1. The molecule has 0 aliphatic carbocycles. The van der Waals surface area contributed by atoms with Gasteiger partial charge in [-0.1, -0.05) is 0 Å². The maximum absolute atomic E-state index is 11.7. The van der Waals surface area contributed by atoms with E-state index < -0.39 is 80.5 Å². The second kappa shape index (κ2) is 11.6. The van der Waals surface area contributed by atoms with Gasteiger partial charge in [0.05, 0.1) is 20.3 Å². The lowest BCUT2D eigenvalue weighted by molar-refractivity contribution is -0.343. The summed E-state index contributed by atoms with van der Waals surface area (Å²) in [5.41, 5.74) is 0. The van der Waals surface area contributed by atoms with Crippen LogP contribution in [0.1, 0.15) is 6.92 Å². The molecule has 1 aromatic rings. The Labute approximate surface area is 195 Å². The molecule has 0 spiro atoms. The quantitative estimate of drug-likeness (QED) is 0.194. The first-order valence-electron chi connectivity index (χ1n) is 10.7. The minimum Gasteiger partial charge on any atom is -0.497 e. The average Bonchev–Trinajstić information content (AvgIpc) is 2.83. The molecule has 2 aliphatic rings. The Hall–Kier alpha value is -2.07. The van der Waals surface area contributed by atoms with Gasteiger partial charge < -0.3 is 59.6 Å². The van der Waals surface area contributed by atoms with Gasteiger partial charge in [-0.2, -0.15) is 0 Å². The Morgan fingerprint density at radius 3 is 1.94 bits per heavy atom. The average molecular weight is 489 g/mol. The Balaban J connectivity index is 1.87. The number of hydrogen-bond acceptors (Lipinski definition) is 12. The highest BCUT2D eigenvalue weighted by Gasteiger charge is 2.51. The largest absolute Gasteiger partial charge is 0.497 e. The van der Waals surface area contributed by atoms with Crippen molar-refractivity contribution in [3.8, 4) is 11.5 Å². The molecule has 13 nitrogen and oxygen atoms in total. The van der Waals surface area contributed by atoms with Gasteiger partial charge >= 0.3 is 0 Å². The van der Waals surface area contributed by atoms with Crippen LogP contribution in [0.4, 0.5) is 0 Å². The lowest BCUT2D eigenvalue weighted by Crippen LogP contribution is -2.68. The summed E-state index contributed by atoms with van der Waals surface area (Å²) < 4.78 is 27.8. The van der Waals surface area contributed by atoms with E-state index in [1.807, 2.05) is 0 Å². The molecule has 1 amide bonds. The Kier molecular flexibility index (Phi) is 9.03. The molecule has 0 saturated carbocycles. The van der Waals surface area contributed by atoms with Gasteiger partial charge in [-0.3, -0.25) is 4.79 Å². The van der Waals surface area contributed by atoms with Crippen molar-refractivity contribution in [3.05, 3.63) is 24.3 Å². The smallest absolute Gasteiger partial charge is 0.229 e. The number of methoxy groups -OCH3 is 1. The highest BCUT2D eigenvalue weighted by molar-refractivity contribution is 5.73. The zero-order chi connectivity index (χ0) is 25.0. The first-order valence-corrected chi connectivity index (χ1v) is 10.7. The summed E-state index contributed by atoms with van der Waals surface area (Å²) in [6.45, 7) is -0.118. The number of nitrogens with one attached hydrogen (secondary N) is 1. The first kappa shape index (κ1) is 26.5. The molecule has 2 heterocycles. The van der Waals surface area contributed by atoms with Crippen LogP contribution >= 0.6 is 0 Å². The van der Waals surface area contributed by atoms with Crippen LogP contribution in [-0.4, -0.2) is 118 Å². The Morgan fingerprint density at radius 1 is 0.882 bits per heavy atom. The number of hydrogen-bond donors (Lipinski definition) is 7. The SMILES string of the molecule is COc1ccc(O[C@H]2OC(CO)[C@@H](O)[C@H](O)C2O[C@@H]2OC(CO)[C@@H](O)[C@H](O)C2NC(C)=O)cc1. The topological polar surface area (TPSA) is 197 Å². The zero-order valence-electron chi connectivity index (χ0n) is 18.6. The van der Waals surface area contributed by atoms with Gasteiger partial charge in [0.15, 0.2) is 12.4 Å². The summed E-state index contributed by atoms with van der Waals surface area (Å²) in [6, 6.07) is 5.05. The highest BCUT2D eigenvalue weighted by Crippen LogP contribution is 2.31. The van der Waals surface area contributed by atoms with E-state index in [2.05, 4.69) is 5.32 Å². The van der Waals surface area contributed by atoms with E-state index in [1.54, 1.807) is 24.3 Å². The molecule has 2 saturated heterocycles. The number of rotatable bonds is 8. The number of carbonyl (C=O) groups is 1. The second-order valence-corrected chi connectivity index (χ2v) is 8.03. The summed E-state index contributed by atoms with van der Waals surface area (Å²) in [5.74, 6) is 0.277. The molecular formula is C21H31NO12. The van der Waals surface area contributed by atoms with Gasteiger partial charge in [0.1, 0.15) is 54.2 Å². The van der Waals surface area contributed by atoms with Gasteiger partial charge in [0, 0.05) is 6.92 Å². The lowest BCUT2D eigenvalue weighted by Gasteiger charge is -2.47. The van der Waals surface area contributed by atoms with Crippen LogP contribution in [0.5, 0.6) is 11.5 Å². The fraction of sp³-hybridized carbons (Fsp3) is 0.667. The lowest BCUT2D eigenvalue weighted by atomic mass is 9.95. The molecule has 34 heavy (non-hydrogen) atoms. The second-order valence-electron chi connectivity index (χ2n) is 8.03. The molecule has 1 aromatic carbocycles. The minimum atomic E-state index is -1.65. The van der Waals surface area contributed by atoms with Crippen molar-refractivity contribution >= 4 is 5.91 Å². The van der Waals surface area contributed by atoms with Crippen molar-refractivity contribution in [2.75, 3.05) is 20.3 Å². The third-order valence-electron chi connectivity index (χ3n) is 5.68. The van der Waals surface area contributed by atoms with Crippen LogP contribution in [0.15, 0.2) is 24.3 Å². The minimum absolute atomic E-state index is 0.284. The Morgan fingerprint density at radius 2 is 1.41 bits per heavy atom. The number of aliphatic hydroxyl groups excluding tert-OH is 6. The van der Waals surface area contributed by atoms with Crippen molar-refractivity contribution < 1.29 is 59.1 Å². The van der Waals surface area contributed by atoms with Crippen LogP contribution in [0.2, 0.25) is 0 Å². The van der Waals surface area contributed by atoms with Crippen molar-refractivity contribution in [3.63, 3.8) is 0 Å². The fourth-order valence-corrected chi connectivity index (χ4v) is 3.83. The summed E-state index contributed by atoms with van der Waals surface area (Å²) in [6.07, 6.45) is -13.1. The fourth-order valence-electron chi connectivity index (χ4n) is 3.83.